The van der Waals surface area contributed by atoms with E-state index in [-0.39, 0.29) is 81.3 Å². The van der Waals surface area contributed by atoms with Crippen LogP contribution in [0, 0.1) is 91.3 Å². The lowest BCUT2D eigenvalue weighted by molar-refractivity contribution is -1.03. The molecule has 8 aliphatic carbocycles. The van der Waals surface area contributed by atoms with Crippen LogP contribution >= 0.6 is 0 Å². The van der Waals surface area contributed by atoms with Gasteiger partial charge >= 0.3 is 11.9 Å². The summed E-state index contributed by atoms with van der Waals surface area (Å²) in [6.45, 7) is 19.9. The summed E-state index contributed by atoms with van der Waals surface area (Å²) in [5.74, 6) is 1.80. The number of fused-ring (bicyclic) bond motifs is 10. The number of hydroxylamine groups is 2. The minimum atomic E-state index is -1.04. The normalized spacial score (nSPS) is 48.0. The highest BCUT2D eigenvalue weighted by molar-refractivity contribution is 5.85. The Morgan fingerprint density at radius 3 is 1.28 bits per heavy atom. The summed E-state index contributed by atoms with van der Waals surface area (Å²) in [4.78, 5) is 54.2. The highest BCUT2D eigenvalue weighted by atomic mass is 16.6. The van der Waals surface area contributed by atoms with Gasteiger partial charge in [-0.2, -0.15) is 0 Å². The van der Waals surface area contributed by atoms with Crippen molar-refractivity contribution in [2.24, 2.45) is 80.8 Å². The first kappa shape index (κ1) is 42.2. The molecule has 0 aromatic carbocycles. The predicted octanol–water partition coefficient (Wildman–Crippen LogP) is 9.56. The molecule has 0 N–H and O–H groups in total. The quantitative estimate of drug-likeness (QED) is 0.112. The van der Waals surface area contributed by atoms with Gasteiger partial charge in [0, 0.05) is 87.8 Å². The van der Waals surface area contributed by atoms with Gasteiger partial charge in [-0.15, -0.1) is 0 Å². The van der Waals surface area contributed by atoms with Crippen LogP contribution < -0.4 is 0 Å². The number of ketones is 2. The first-order chi connectivity index (χ1) is 27.0. The molecule has 8 saturated carbocycles. The standard InChI is InChI=1S/C48H74N2O8/c1-27(51)57-31-19-21-45(7)29(23-31)11-13-33-35-15-17-39(47(35,9)25-37(53)41(33)45)43(3,4)49(55)50(56)44(5,6)40-18-16-36-34-14-12-30-24-32(58-28(2)52)20-22-46(30,8)42(34)38(54)26-48(36,40)10/h29-36,39-42H,11-26H2,1-10H3/b50-49+/t29-,30-,31-,32-,33-,34-,35-,36-,39+,40+,41+,42+,45-,46-,47-,48-/m0/s1. The van der Waals surface area contributed by atoms with E-state index in [4.69, 9.17) is 9.47 Å². The molecular weight excluding hydrogens is 733 g/mol. The zero-order valence-corrected chi connectivity index (χ0v) is 37.4. The van der Waals surface area contributed by atoms with E-state index in [9.17, 15) is 29.6 Å². The summed E-state index contributed by atoms with van der Waals surface area (Å²) in [7, 11) is 0. The summed E-state index contributed by atoms with van der Waals surface area (Å²) in [6.07, 6.45) is 13.4. The maximum atomic E-state index is 14.8. The Hall–Kier alpha value is -2.52. The molecule has 0 aromatic heterocycles. The number of azo groups is 1. The Labute approximate surface area is 347 Å². The van der Waals surface area contributed by atoms with Gasteiger partial charge in [-0.1, -0.05) is 27.7 Å². The van der Waals surface area contributed by atoms with Crippen LogP contribution in [0.25, 0.3) is 0 Å². The number of esters is 2. The molecule has 0 unspecified atom stereocenters. The highest BCUT2D eigenvalue weighted by Crippen LogP contribution is 2.70. The van der Waals surface area contributed by atoms with Crippen LogP contribution in [0.1, 0.15) is 172 Å². The molecule has 10 nitrogen and oxygen atoms in total. The molecule has 324 valence electrons. The predicted molar refractivity (Wildman–Crippen MR) is 218 cm³/mol. The highest BCUT2D eigenvalue weighted by Gasteiger charge is 2.70. The smallest absolute Gasteiger partial charge is 0.302 e. The van der Waals surface area contributed by atoms with Crippen molar-refractivity contribution in [1.29, 1.82) is 0 Å². The third kappa shape index (κ3) is 6.09. The molecule has 10 heteroatoms. The molecule has 0 radical (unpaired) electrons. The molecule has 0 aromatic rings. The van der Waals surface area contributed by atoms with Gasteiger partial charge in [-0.05, 0) is 147 Å². The van der Waals surface area contributed by atoms with E-state index in [1.165, 1.54) is 13.8 Å². The van der Waals surface area contributed by atoms with Crippen molar-refractivity contribution in [2.75, 3.05) is 0 Å². The molecule has 8 rings (SSSR count). The average Bonchev–Trinajstić information content (AvgIpc) is 3.67. The van der Waals surface area contributed by atoms with Crippen LogP contribution in [0.5, 0.6) is 0 Å². The summed E-state index contributed by atoms with van der Waals surface area (Å²) < 4.78 is 11.3. The molecule has 58 heavy (non-hydrogen) atoms. The van der Waals surface area contributed by atoms with Crippen LogP contribution in [0.15, 0.2) is 0 Å². The molecule has 8 aliphatic rings. The largest absolute Gasteiger partial charge is 0.567 e. The minimum absolute atomic E-state index is 0.00923. The number of rotatable bonds is 6. The molecule has 16 atom stereocenters. The van der Waals surface area contributed by atoms with Gasteiger partial charge in [-0.25, -0.2) is 0 Å². The lowest BCUT2D eigenvalue weighted by atomic mass is 9.44. The first-order valence-corrected chi connectivity index (χ1v) is 23.3. The van der Waals surface area contributed by atoms with Crippen molar-refractivity contribution in [3.8, 4) is 0 Å². The maximum absolute atomic E-state index is 14.8. The van der Waals surface area contributed by atoms with Gasteiger partial charge < -0.3 is 19.9 Å². The van der Waals surface area contributed by atoms with Gasteiger partial charge in [0.2, 0.25) is 11.1 Å². The molecule has 0 amide bonds. The van der Waals surface area contributed by atoms with Crippen molar-refractivity contribution in [3.05, 3.63) is 10.4 Å². The number of carbonyl (C=O) groups excluding carboxylic acids is 4. The van der Waals surface area contributed by atoms with Crippen molar-refractivity contribution in [3.63, 3.8) is 0 Å². The molecule has 0 spiro atoms. The van der Waals surface area contributed by atoms with E-state index in [0.29, 0.717) is 48.1 Å². The number of nitrogens with zero attached hydrogens (tertiary/aromatic N) is 2. The number of hydrogen-bond donors (Lipinski definition) is 0. The van der Waals surface area contributed by atoms with E-state index in [0.717, 1.165) is 99.6 Å². The van der Waals surface area contributed by atoms with Crippen molar-refractivity contribution < 1.29 is 38.4 Å². The Kier molecular flexibility index (Phi) is 10.2. The second-order valence-corrected chi connectivity index (χ2v) is 23.5. The number of ether oxygens (including phenoxy) is 2. The second-order valence-electron chi connectivity index (χ2n) is 23.5. The van der Waals surface area contributed by atoms with E-state index in [1.54, 1.807) is 0 Å². The minimum Gasteiger partial charge on any atom is -0.567 e. The van der Waals surface area contributed by atoms with E-state index in [2.05, 4.69) is 27.7 Å². The van der Waals surface area contributed by atoms with Gasteiger partial charge in [-0.3, -0.25) is 19.2 Å². The summed E-state index contributed by atoms with van der Waals surface area (Å²) in [5, 5.41) is 29.7. The zero-order valence-electron chi connectivity index (χ0n) is 37.4. The van der Waals surface area contributed by atoms with Crippen LogP contribution in [0.3, 0.4) is 0 Å². The van der Waals surface area contributed by atoms with Crippen molar-refractivity contribution in [1.82, 2.24) is 0 Å². The Bertz CT molecular complexity index is 1630. The fraction of sp³-hybridized carbons (Fsp3) is 0.917. The van der Waals surface area contributed by atoms with E-state index < -0.39 is 11.1 Å². The molecular formula is C48H74N2O8. The maximum Gasteiger partial charge on any atom is 0.302 e. The zero-order chi connectivity index (χ0) is 42.1. The number of carbonyl (C=O) groups is 4. The average molecular weight is 807 g/mol. The van der Waals surface area contributed by atoms with Gasteiger partial charge in [0.05, 0.1) is 0 Å². The topological polar surface area (TPSA) is 139 Å². The van der Waals surface area contributed by atoms with Gasteiger partial charge in [0.15, 0.2) is 0 Å². The number of Topliss-reactive ketones (excluding diaryl/α,β-unsaturated/α-hetero) is 2. The third-order valence-electron chi connectivity index (χ3n) is 20.1. The fourth-order valence-corrected chi connectivity index (χ4v) is 17.8. The number of hydrogen-bond acceptors (Lipinski definition) is 8. The van der Waals surface area contributed by atoms with E-state index in [1.807, 2.05) is 27.7 Å². The Balaban J connectivity index is 1.01. The molecule has 0 saturated heterocycles. The lowest BCUT2D eigenvalue weighted by Crippen LogP contribution is -2.61. The molecule has 8 fully saturated rings. The summed E-state index contributed by atoms with van der Waals surface area (Å²) in [5.41, 5.74) is -3.05. The van der Waals surface area contributed by atoms with Crippen LogP contribution in [0.2, 0.25) is 0 Å². The summed E-state index contributed by atoms with van der Waals surface area (Å²) in [6, 6.07) is 0. The summed E-state index contributed by atoms with van der Waals surface area (Å²) >= 11 is 0. The monoisotopic (exact) mass is 807 g/mol. The second kappa shape index (κ2) is 14.0. The van der Waals surface area contributed by atoms with Crippen molar-refractivity contribution in [2.45, 2.75) is 195 Å². The molecule has 0 heterocycles. The van der Waals surface area contributed by atoms with Gasteiger partial charge in [0.1, 0.15) is 23.8 Å². The Morgan fingerprint density at radius 1 is 0.569 bits per heavy atom. The van der Waals surface area contributed by atoms with Crippen LogP contribution in [0.4, 0.5) is 0 Å². The van der Waals surface area contributed by atoms with Crippen LogP contribution in [-0.4, -0.2) is 56.5 Å². The van der Waals surface area contributed by atoms with Crippen molar-refractivity contribution >= 4 is 23.5 Å². The first-order valence-electron chi connectivity index (χ1n) is 23.3. The third-order valence-corrected chi connectivity index (χ3v) is 20.1. The SMILES string of the molecule is CC(=O)O[C@H]1CC[C@@]2(C)[C@@H](CC[C@H]3[C@@H]4CC[C@H](C(C)(C)/[N+]([O-])=[N+](\[O-])C(C)(C)[C@H]5CC[C@H]6[C@@H]7CC[C@H]8C[C@@H](OC(C)=O)CC[C@]8(C)[C@H]7C(=O)C[C@]56C)[C@@]4(C)CC(=O)[C@@H]32)C1. The van der Waals surface area contributed by atoms with E-state index >= 15 is 0 Å². The Morgan fingerprint density at radius 2 is 0.931 bits per heavy atom. The fourth-order valence-electron chi connectivity index (χ4n) is 17.8. The lowest BCUT2D eigenvalue weighted by Gasteiger charge is -2.60. The molecule has 0 aliphatic heterocycles. The molecule has 0 bridgehead atoms. The van der Waals surface area contributed by atoms with Gasteiger partial charge in [0.25, 0.3) is 0 Å². The van der Waals surface area contributed by atoms with Crippen LogP contribution in [-0.2, 0) is 28.7 Å².